The molecule has 0 heterocycles. The van der Waals surface area contributed by atoms with Gasteiger partial charge in [-0.2, -0.15) is 0 Å². The minimum absolute atomic E-state index is 0.854. The van der Waals surface area contributed by atoms with Gasteiger partial charge in [-0.15, -0.1) is 0 Å². The van der Waals surface area contributed by atoms with Crippen LogP contribution in [0.25, 0.3) is 0 Å². The van der Waals surface area contributed by atoms with Gasteiger partial charge in [-0.25, -0.2) is 0 Å². The van der Waals surface area contributed by atoms with Gasteiger partial charge < -0.3 is 0 Å². The molecule has 0 aromatic carbocycles. The molecule has 2 fully saturated rings. The van der Waals surface area contributed by atoms with Crippen molar-refractivity contribution in [1.29, 1.82) is 0 Å². The molecule has 0 bridgehead atoms. The lowest BCUT2D eigenvalue weighted by atomic mass is 9.54. The Morgan fingerprint density at radius 3 is 1.92 bits per heavy atom. The highest BCUT2D eigenvalue weighted by Crippen LogP contribution is 2.56. The quantitative estimate of drug-likeness (QED) is 0.591. The summed E-state index contributed by atoms with van der Waals surface area (Å²) in [5.74, 6) is 2.17. The third-order valence-corrected chi connectivity index (χ3v) is 4.76. The van der Waals surface area contributed by atoms with Gasteiger partial charge in [-0.1, -0.05) is 26.7 Å². The molecule has 0 atom stereocenters. The first-order valence-corrected chi connectivity index (χ1v) is 6.28. The van der Waals surface area contributed by atoms with E-state index < -0.39 is 0 Å². The molecule has 2 aliphatic rings. The zero-order chi connectivity index (χ0) is 9.31. The van der Waals surface area contributed by atoms with Gasteiger partial charge in [0.15, 0.2) is 0 Å². The molecular weight excluding hydrogens is 156 g/mol. The lowest BCUT2D eigenvalue weighted by molar-refractivity contribution is -0.00163. The fraction of sp³-hybridized carbons (Fsp3) is 1.00. The summed E-state index contributed by atoms with van der Waals surface area (Å²) >= 11 is 0. The zero-order valence-corrected chi connectivity index (χ0v) is 9.31. The number of hydrogen-bond acceptors (Lipinski definition) is 0. The highest BCUT2D eigenvalue weighted by Gasteiger charge is 2.44. The van der Waals surface area contributed by atoms with Gasteiger partial charge in [0, 0.05) is 0 Å². The molecule has 0 saturated heterocycles. The Hall–Kier alpha value is 0. The topological polar surface area (TPSA) is 0 Å². The Kier molecular flexibility index (Phi) is 2.67. The fourth-order valence-corrected chi connectivity index (χ4v) is 3.56. The summed E-state index contributed by atoms with van der Waals surface area (Å²) in [4.78, 5) is 0. The predicted molar refractivity (Wildman–Crippen MR) is 57.7 cm³/mol. The van der Waals surface area contributed by atoms with Gasteiger partial charge in [0.05, 0.1) is 0 Å². The second-order valence-corrected chi connectivity index (χ2v) is 5.53. The maximum atomic E-state index is 2.36. The van der Waals surface area contributed by atoms with Crippen LogP contribution < -0.4 is 0 Å². The molecule has 0 nitrogen and oxygen atoms in total. The summed E-state index contributed by atoms with van der Waals surface area (Å²) in [6.07, 6.45) is 12.2. The first-order chi connectivity index (χ1) is 6.28. The van der Waals surface area contributed by atoms with E-state index in [1.54, 1.807) is 25.7 Å². The molecule has 2 aliphatic carbocycles. The molecule has 0 unspecified atom stereocenters. The zero-order valence-electron chi connectivity index (χ0n) is 9.31. The molecular formula is C13H24. The number of rotatable bonds is 2. The molecule has 0 N–H and O–H groups in total. The molecule has 0 amide bonds. The predicted octanol–water partition coefficient (Wildman–Crippen LogP) is 4.39. The average molecular weight is 180 g/mol. The Bertz CT molecular complexity index is 155. The highest BCUT2D eigenvalue weighted by atomic mass is 14.5. The molecule has 0 aromatic heterocycles. The van der Waals surface area contributed by atoms with Crippen LogP contribution in [0.4, 0.5) is 0 Å². The van der Waals surface area contributed by atoms with E-state index in [1.807, 2.05) is 0 Å². The van der Waals surface area contributed by atoms with Crippen LogP contribution in [0.1, 0.15) is 65.2 Å². The van der Waals surface area contributed by atoms with E-state index in [4.69, 9.17) is 0 Å². The molecule has 2 saturated carbocycles. The van der Waals surface area contributed by atoms with Crippen LogP contribution in [-0.4, -0.2) is 0 Å². The second kappa shape index (κ2) is 3.63. The van der Waals surface area contributed by atoms with Crippen molar-refractivity contribution >= 4 is 0 Å². The van der Waals surface area contributed by atoms with Gasteiger partial charge in [0.1, 0.15) is 0 Å². The van der Waals surface area contributed by atoms with Crippen LogP contribution in [0, 0.1) is 17.3 Å². The van der Waals surface area contributed by atoms with Crippen molar-refractivity contribution in [2.75, 3.05) is 0 Å². The molecule has 0 aliphatic heterocycles. The molecule has 0 radical (unpaired) electrons. The van der Waals surface area contributed by atoms with Crippen LogP contribution in [0.2, 0.25) is 0 Å². The van der Waals surface area contributed by atoms with Crippen molar-refractivity contribution in [3.8, 4) is 0 Å². The smallest absolute Gasteiger partial charge is 0.0292 e. The molecule has 2 rings (SSSR count). The van der Waals surface area contributed by atoms with E-state index in [0.29, 0.717) is 0 Å². The van der Waals surface area contributed by atoms with Crippen molar-refractivity contribution < 1.29 is 0 Å². The van der Waals surface area contributed by atoms with E-state index in [1.165, 1.54) is 25.7 Å². The summed E-state index contributed by atoms with van der Waals surface area (Å²) in [5.41, 5.74) is 0.854. The summed E-state index contributed by atoms with van der Waals surface area (Å²) in [6.45, 7) is 4.72. The summed E-state index contributed by atoms with van der Waals surface area (Å²) in [7, 11) is 0. The van der Waals surface area contributed by atoms with Gasteiger partial charge in [-0.05, 0) is 55.8 Å². The Balaban J connectivity index is 1.79. The van der Waals surface area contributed by atoms with Crippen molar-refractivity contribution in [2.45, 2.75) is 65.2 Å². The van der Waals surface area contributed by atoms with Crippen molar-refractivity contribution in [3.63, 3.8) is 0 Å². The Labute approximate surface area is 83.1 Å². The molecule has 1 spiro atoms. The monoisotopic (exact) mass is 180 g/mol. The lowest BCUT2D eigenvalue weighted by Gasteiger charge is -2.51. The average Bonchev–Trinajstić information content (AvgIpc) is 2.14. The molecule has 76 valence electrons. The first kappa shape index (κ1) is 9.55. The first-order valence-electron chi connectivity index (χ1n) is 6.28. The van der Waals surface area contributed by atoms with Crippen molar-refractivity contribution in [2.24, 2.45) is 17.3 Å². The third-order valence-electron chi connectivity index (χ3n) is 4.76. The molecule has 13 heavy (non-hydrogen) atoms. The van der Waals surface area contributed by atoms with Gasteiger partial charge in [0.25, 0.3) is 0 Å². The van der Waals surface area contributed by atoms with Crippen LogP contribution in [0.15, 0.2) is 0 Å². The van der Waals surface area contributed by atoms with Crippen molar-refractivity contribution in [1.82, 2.24) is 0 Å². The van der Waals surface area contributed by atoms with E-state index in [9.17, 15) is 0 Å². The van der Waals surface area contributed by atoms with E-state index in [-0.39, 0.29) is 0 Å². The van der Waals surface area contributed by atoms with Gasteiger partial charge in [0.2, 0.25) is 0 Å². The largest absolute Gasteiger partial charge is 0.0651 e. The third kappa shape index (κ3) is 1.78. The standard InChI is InChI=1S/C13H24/c1-3-11-5-7-13(8-6-11)9-12(4-2)10-13/h11-12H,3-10H2,1-2H3. The molecule has 0 aromatic rings. The van der Waals surface area contributed by atoms with E-state index in [0.717, 1.165) is 17.3 Å². The Morgan fingerprint density at radius 2 is 1.46 bits per heavy atom. The minimum Gasteiger partial charge on any atom is -0.0651 e. The SMILES string of the molecule is CCC1CCC2(CC1)CC(CC)C2. The summed E-state index contributed by atoms with van der Waals surface area (Å²) < 4.78 is 0. The van der Waals surface area contributed by atoms with Crippen LogP contribution in [0.5, 0.6) is 0 Å². The normalized spacial score (nSPS) is 44.8. The fourth-order valence-electron chi connectivity index (χ4n) is 3.56. The lowest BCUT2D eigenvalue weighted by Crippen LogP contribution is -2.39. The second-order valence-electron chi connectivity index (χ2n) is 5.53. The van der Waals surface area contributed by atoms with Crippen molar-refractivity contribution in [3.05, 3.63) is 0 Å². The van der Waals surface area contributed by atoms with E-state index in [2.05, 4.69) is 13.8 Å². The highest BCUT2D eigenvalue weighted by molar-refractivity contribution is 4.95. The maximum Gasteiger partial charge on any atom is -0.0292 e. The Morgan fingerprint density at radius 1 is 0.923 bits per heavy atom. The van der Waals surface area contributed by atoms with E-state index >= 15 is 0 Å². The van der Waals surface area contributed by atoms with Crippen LogP contribution >= 0.6 is 0 Å². The van der Waals surface area contributed by atoms with Crippen LogP contribution in [-0.2, 0) is 0 Å². The van der Waals surface area contributed by atoms with Gasteiger partial charge in [-0.3, -0.25) is 0 Å². The van der Waals surface area contributed by atoms with Crippen LogP contribution in [0.3, 0.4) is 0 Å². The molecule has 0 heteroatoms. The summed E-state index contributed by atoms with van der Waals surface area (Å²) in [6, 6.07) is 0. The summed E-state index contributed by atoms with van der Waals surface area (Å²) in [5, 5.41) is 0. The maximum absolute atomic E-state index is 2.36. The minimum atomic E-state index is 0.854. The number of hydrogen-bond donors (Lipinski definition) is 0. The van der Waals surface area contributed by atoms with Gasteiger partial charge >= 0.3 is 0 Å².